The second-order valence-electron chi connectivity index (χ2n) is 6.11. The lowest BCUT2D eigenvalue weighted by Gasteiger charge is -2.38. The van der Waals surface area contributed by atoms with E-state index in [9.17, 15) is 0 Å². The zero-order valence-electron chi connectivity index (χ0n) is 12.4. The van der Waals surface area contributed by atoms with E-state index >= 15 is 0 Å². The third-order valence-electron chi connectivity index (χ3n) is 4.39. The number of nitrogens with two attached hydrogens (primary N) is 1. The molecule has 106 valence electrons. The molecule has 0 bridgehead atoms. The summed E-state index contributed by atoms with van der Waals surface area (Å²) in [7, 11) is 1.75. The van der Waals surface area contributed by atoms with Gasteiger partial charge in [-0.2, -0.15) is 0 Å². The van der Waals surface area contributed by atoms with Crippen molar-refractivity contribution < 1.29 is 4.74 Å². The van der Waals surface area contributed by atoms with Gasteiger partial charge in [0.05, 0.1) is 7.11 Å². The normalized spacial score (nSPS) is 19.4. The third-order valence-corrected chi connectivity index (χ3v) is 4.39. The highest BCUT2D eigenvalue weighted by atomic mass is 16.5. The van der Waals surface area contributed by atoms with Gasteiger partial charge in [-0.15, -0.1) is 0 Å². The van der Waals surface area contributed by atoms with Gasteiger partial charge in [-0.05, 0) is 50.9 Å². The second kappa shape index (κ2) is 5.93. The minimum atomic E-state index is 0.340. The second-order valence-corrected chi connectivity index (χ2v) is 6.11. The average molecular weight is 262 g/mol. The summed E-state index contributed by atoms with van der Waals surface area (Å²) in [6, 6.07) is 6.40. The lowest BCUT2D eigenvalue weighted by molar-refractivity contribution is 0.118. The molecule has 1 aliphatic heterocycles. The molecule has 3 nitrogen and oxygen atoms in total. The molecule has 0 aliphatic carbocycles. The van der Waals surface area contributed by atoms with Crippen LogP contribution in [0.3, 0.4) is 0 Å². The predicted molar refractivity (Wildman–Crippen MR) is 79.4 cm³/mol. The number of aryl methyl sites for hydroxylation is 1. The van der Waals surface area contributed by atoms with Crippen molar-refractivity contribution in [2.45, 2.75) is 33.2 Å². The maximum Gasteiger partial charge on any atom is 0.123 e. The molecule has 3 heteroatoms. The van der Waals surface area contributed by atoms with Crippen LogP contribution in [-0.2, 0) is 6.54 Å². The predicted octanol–water partition coefficient (Wildman–Crippen LogP) is 2.56. The molecule has 0 amide bonds. The molecule has 0 spiro atoms. The molecule has 1 saturated heterocycles. The monoisotopic (exact) mass is 262 g/mol. The maximum atomic E-state index is 5.86. The van der Waals surface area contributed by atoms with Gasteiger partial charge in [0.15, 0.2) is 0 Å². The molecular weight excluding hydrogens is 236 g/mol. The topological polar surface area (TPSA) is 38.5 Å². The van der Waals surface area contributed by atoms with Gasteiger partial charge in [-0.3, -0.25) is 4.90 Å². The van der Waals surface area contributed by atoms with Crippen molar-refractivity contribution in [3.63, 3.8) is 0 Å². The van der Waals surface area contributed by atoms with Crippen LogP contribution in [0.1, 0.15) is 30.9 Å². The van der Waals surface area contributed by atoms with Crippen molar-refractivity contribution in [2.75, 3.05) is 26.7 Å². The Hall–Kier alpha value is -1.06. The quantitative estimate of drug-likeness (QED) is 0.906. The summed E-state index contributed by atoms with van der Waals surface area (Å²) in [4.78, 5) is 2.51. The fourth-order valence-electron chi connectivity index (χ4n) is 2.73. The summed E-state index contributed by atoms with van der Waals surface area (Å²) in [5.41, 5.74) is 8.78. The zero-order chi connectivity index (χ0) is 13.9. The van der Waals surface area contributed by atoms with Crippen molar-refractivity contribution in [2.24, 2.45) is 11.1 Å². The summed E-state index contributed by atoms with van der Waals surface area (Å²) >= 11 is 0. The molecule has 0 saturated carbocycles. The first-order chi connectivity index (χ1) is 9.06. The SMILES string of the molecule is COc1ccc(C)cc1CN1CCC(C)(CN)CC1. The summed E-state index contributed by atoms with van der Waals surface area (Å²) in [5.74, 6) is 0.998. The van der Waals surface area contributed by atoms with Crippen LogP contribution < -0.4 is 10.5 Å². The molecule has 0 unspecified atom stereocenters. The van der Waals surface area contributed by atoms with E-state index in [4.69, 9.17) is 10.5 Å². The van der Waals surface area contributed by atoms with Gasteiger partial charge in [0.25, 0.3) is 0 Å². The number of benzene rings is 1. The number of piperidine rings is 1. The van der Waals surface area contributed by atoms with Crippen LogP contribution in [0, 0.1) is 12.3 Å². The molecule has 2 N–H and O–H groups in total. The summed E-state index contributed by atoms with van der Waals surface area (Å²) in [5, 5.41) is 0. The summed E-state index contributed by atoms with van der Waals surface area (Å²) < 4.78 is 5.46. The molecule has 1 heterocycles. The van der Waals surface area contributed by atoms with Gasteiger partial charge in [0.2, 0.25) is 0 Å². The van der Waals surface area contributed by atoms with Crippen LogP contribution in [0.15, 0.2) is 18.2 Å². The average Bonchev–Trinajstić information content (AvgIpc) is 2.42. The van der Waals surface area contributed by atoms with Crippen molar-refractivity contribution in [1.82, 2.24) is 4.90 Å². The van der Waals surface area contributed by atoms with Crippen molar-refractivity contribution >= 4 is 0 Å². The van der Waals surface area contributed by atoms with Gasteiger partial charge < -0.3 is 10.5 Å². The summed E-state index contributed by atoms with van der Waals surface area (Å²) in [6.07, 6.45) is 2.38. The molecule has 1 fully saturated rings. The Morgan fingerprint density at radius 1 is 1.32 bits per heavy atom. The van der Waals surface area contributed by atoms with Crippen molar-refractivity contribution in [3.05, 3.63) is 29.3 Å². The smallest absolute Gasteiger partial charge is 0.123 e. The number of methoxy groups -OCH3 is 1. The lowest BCUT2D eigenvalue weighted by atomic mass is 9.80. The minimum Gasteiger partial charge on any atom is -0.496 e. The van der Waals surface area contributed by atoms with Crippen LogP contribution in [0.5, 0.6) is 5.75 Å². The third kappa shape index (κ3) is 3.48. The number of likely N-dealkylation sites (tertiary alicyclic amines) is 1. The molecule has 0 radical (unpaired) electrons. The first-order valence-corrected chi connectivity index (χ1v) is 7.12. The first kappa shape index (κ1) is 14.4. The highest BCUT2D eigenvalue weighted by Crippen LogP contribution is 2.31. The fraction of sp³-hybridized carbons (Fsp3) is 0.625. The van der Waals surface area contributed by atoms with E-state index in [1.807, 2.05) is 0 Å². The van der Waals surface area contributed by atoms with E-state index in [-0.39, 0.29) is 0 Å². The molecule has 19 heavy (non-hydrogen) atoms. The molecule has 1 aromatic carbocycles. The zero-order valence-corrected chi connectivity index (χ0v) is 12.4. The fourth-order valence-corrected chi connectivity index (χ4v) is 2.73. The van der Waals surface area contributed by atoms with Crippen molar-refractivity contribution in [3.8, 4) is 5.75 Å². The molecule has 0 atom stereocenters. The van der Waals surface area contributed by atoms with Crippen LogP contribution in [0.2, 0.25) is 0 Å². The molecule has 2 rings (SSSR count). The van der Waals surface area contributed by atoms with E-state index in [1.54, 1.807) is 7.11 Å². The minimum absolute atomic E-state index is 0.340. The van der Waals surface area contributed by atoms with Gasteiger partial charge in [-0.1, -0.05) is 24.6 Å². The number of hydrogen-bond acceptors (Lipinski definition) is 3. The van der Waals surface area contributed by atoms with Gasteiger partial charge >= 0.3 is 0 Å². The van der Waals surface area contributed by atoms with E-state index in [1.165, 1.54) is 24.0 Å². The van der Waals surface area contributed by atoms with Crippen LogP contribution in [-0.4, -0.2) is 31.6 Å². The molecule has 0 aromatic heterocycles. The summed E-state index contributed by atoms with van der Waals surface area (Å²) in [6.45, 7) is 8.47. The molecule has 1 aliphatic rings. The Morgan fingerprint density at radius 3 is 2.58 bits per heavy atom. The maximum absolute atomic E-state index is 5.86. The number of nitrogens with zero attached hydrogens (tertiary/aromatic N) is 1. The Labute approximate surface area is 116 Å². The number of hydrogen-bond donors (Lipinski definition) is 1. The largest absolute Gasteiger partial charge is 0.496 e. The standard InChI is InChI=1S/C16H26N2O/c1-13-4-5-15(19-3)14(10-13)11-18-8-6-16(2,12-17)7-9-18/h4-5,10H,6-9,11-12,17H2,1-3H3. The Balaban J connectivity index is 2.01. The van der Waals surface area contributed by atoms with Gasteiger partial charge in [0.1, 0.15) is 5.75 Å². The van der Waals surface area contributed by atoms with E-state index in [0.29, 0.717) is 5.41 Å². The number of ether oxygens (including phenoxy) is 1. The van der Waals surface area contributed by atoms with Crippen molar-refractivity contribution in [1.29, 1.82) is 0 Å². The van der Waals surface area contributed by atoms with E-state index < -0.39 is 0 Å². The van der Waals surface area contributed by atoms with Gasteiger partial charge in [-0.25, -0.2) is 0 Å². The number of rotatable bonds is 4. The lowest BCUT2D eigenvalue weighted by Crippen LogP contribution is -2.41. The van der Waals surface area contributed by atoms with Crippen LogP contribution in [0.4, 0.5) is 0 Å². The van der Waals surface area contributed by atoms with Crippen LogP contribution >= 0.6 is 0 Å². The highest BCUT2D eigenvalue weighted by molar-refractivity contribution is 5.36. The van der Waals surface area contributed by atoms with E-state index in [0.717, 1.165) is 31.9 Å². The Morgan fingerprint density at radius 2 is 2.00 bits per heavy atom. The Kier molecular flexibility index (Phi) is 4.48. The molecule has 1 aromatic rings. The highest BCUT2D eigenvalue weighted by Gasteiger charge is 2.28. The first-order valence-electron chi connectivity index (χ1n) is 7.12. The van der Waals surface area contributed by atoms with Crippen LogP contribution in [0.25, 0.3) is 0 Å². The van der Waals surface area contributed by atoms with E-state index in [2.05, 4.69) is 36.9 Å². The van der Waals surface area contributed by atoms with Gasteiger partial charge in [0, 0.05) is 12.1 Å². The molecular formula is C16H26N2O. The Bertz CT molecular complexity index is 423.